The third-order valence-corrected chi connectivity index (χ3v) is 6.98. The van der Waals surface area contributed by atoms with Crippen molar-refractivity contribution in [3.63, 3.8) is 0 Å². The van der Waals surface area contributed by atoms with Crippen LogP contribution in [-0.4, -0.2) is 59.6 Å². The van der Waals surface area contributed by atoms with Gasteiger partial charge in [-0.2, -0.15) is 4.31 Å². The predicted octanol–water partition coefficient (Wildman–Crippen LogP) is 1.64. The van der Waals surface area contributed by atoms with Crippen molar-refractivity contribution in [1.29, 1.82) is 0 Å². The minimum absolute atomic E-state index is 0.0281. The topological polar surface area (TPSA) is 122 Å². The molecular weight excluding hydrogens is 430 g/mol. The highest BCUT2D eigenvalue weighted by atomic mass is 32.2. The van der Waals surface area contributed by atoms with Gasteiger partial charge in [0, 0.05) is 24.3 Å². The van der Waals surface area contributed by atoms with E-state index in [1.807, 2.05) is 0 Å². The fourth-order valence-electron chi connectivity index (χ4n) is 2.95. The van der Waals surface area contributed by atoms with E-state index in [9.17, 15) is 21.6 Å². The van der Waals surface area contributed by atoms with E-state index in [4.69, 9.17) is 4.74 Å². The fourth-order valence-corrected chi connectivity index (χ4v) is 5.02. The zero-order valence-electron chi connectivity index (χ0n) is 16.6. The van der Waals surface area contributed by atoms with Crippen LogP contribution in [0.1, 0.15) is 15.9 Å². The summed E-state index contributed by atoms with van der Waals surface area (Å²) < 4.78 is 57.5. The van der Waals surface area contributed by atoms with Gasteiger partial charge >= 0.3 is 0 Å². The average Bonchev–Trinajstić information content (AvgIpc) is 2.70. The van der Waals surface area contributed by atoms with Gasteiger partial charge in [0.1, 0.15) is 0 Å². The van der Waals surface area contributed by atoms with Gasteiger partial charge in [-0.15, -0.1) is 0 Å². The molecule has 0 saturated carbocycles. The number of hydrogen-bond donors (Lipinski definition) is 2. The third kappa shape index (κ3) is 5.36. The number of rotatable bonds is 6. The maximum absolute atomic E-state index is 12.8. The summed E-state index contributed by atoms with van der Waals surface area (Å²) in [6.07, 6.45) is 1.04. The number of nitrogens with zero attached hydrogens (tertiary/aromatic N) is 1. The number of carbonyl (C=O) groups is 1. The van der Waals surface area contributed by atoms with Crippen LogP contribution in [0.3, 0.4) is 0 Å². The lowest BCUT2D eigenvalue weighted by Crippen LogP contribution is -2.40. The maximum atomic E-state index is 12.8. The monoisotopic (exact) mass is 453 g/mol. The van der Waals surface area contributed by atoms with Crippen LogP contribution in [-0.2, 0) is 24.8 Å². The molecule has 0 unspecified atom stereocenters. The Bertz CT molecular complexity index is 1160. The Balaban J connectivity index is 1.81. The number of amides is 1. The summed E-state index contributed by atoms with van der Waals surface area (Å²) in [7, 11) is -7.20. The molecule has 2 N–H and O–H groups in total. The molecule has 1 aliphatic rings. The first-order chi connectivity index (χ1) is 14.1. The average molecular weight is 454 g/mol. The van der Waals surface area contributed by atoms with Crippen molar-refractivity contribution in [2.75, 3.05) is 42.6 Å². The molecule has 1 aliphatic heterocycles. The number of carbonyl (C=O) groups excluding carboxylic acids is 1. The number of aryl methyl sites for hydroxylation is 1. The van der Waals surface area contributed by atoms with Crippen molar-refractivity contribution in [3.05, 3.63) is 53.6 Å². The summed E-state index contributed by atoms with van der Waals surface area (Å²) in [5, 5.41) is 2.67. The molecule has 2 aromatic carbocycles. The minimum Gasteiger partial charge on any atom is -0.379 e. The van der Waals surface area contributed by atoms with Crippen molar-refractivity contribution >= 4 is 37.3 Å². The first-order valence-corrected chi connectivity index (χ1v) is 12.5. The standard InChI is InChI=1S/C19H23N3O6S2/c1-14-6-7-16(13-18(14)21-29(2,24)25)20-19(23)15-4-3-5-17(12-15)30(26,27)22-8-10-28-11-9-22/h3-7,12-13,21H,8-11H2,1-2H3,(H,20,23). The van der Waals surface area contributed by atoms with E-state index in [2.05, 4.69) is 10.0 Å². The van der Waals surface area contributed by atoms with Crippen molar-refractivity contribution in [1.82, 2.24) is 4.31 Å². The van der Waals surface area contributed by atoms with E-state index in [1.165, 1.54) is 34.6 Å². The van der Waals surface area contributed by atoms with Gasteiger partial charge in [0.05, 0.1) is 30.1 Å². The van der Waals surface area contributed by atoms with E-state index >= 15 is 0 Å². The number of hydrogen-bond acceptors (Lipinski definition) is 6. The van der Waals surface area contributed by atoms with Crippen molar-refractivity contribution in [2.45, 2.75) is 11.8 Å². The first kappa shape index (κ1) is 22.2. The highest BCUT2D eigenvalue weighted by molar-refractivity contribution is 7.92. The summed E-state index contributed by atoms with van der Waals surface area (Å²) in [4.78, 5) is 12.7. The van der Waals surface area contributed by atoms with Gasteiger partial charge in [0.2, 0.25) is 20.0 Å². The number of anilines is 2. The van der Waals surface area contributed by atoms with Crippen LogP contribution in [0.4, 0.5) is 11.4 Å². The maximum Gasteiger partial charge on any atom is 0.255 e. The smallest absolute Gasteiger partial charge is 0.255 e. The van der Waals surface area contributed by atoms with Crippen LogP contribution in [0, 0.1) is 6.92 Å². The summed E-state index contributed by atoms with van der Waals surface area (Å²) in [6, 6.07) is 10.6. The molecular formula is C19H23N3O6S2. The van der Waals surface area contributed by atoms with Crippen LogP contribution in [0.5, 0.6) is 0 Å². The fraction of sp³-hybridized carbons (Fsp3) is 0.316. The normalized spacial score (nSPS) is 15.5. The molecule has 0 aliphatic carbocycles. The summed E-state index contributed by atoms with van der Waals surface area (Å²) in [5.41, 5.74) is 1.58. The van der Waals surface area contributed by atoms with E-state index in [-0.39, 0.29) is 23.5 Å². The molecule has 0 bridgehead atoms. The Morgan fingerprint density at radius 3 is 2.40 bits per heavy atom. The first-order valence-electron chi connectivity index (χ1n) is 9.14. The molecule has 30 heavy (non-hydrogen) atoms. The zero-order valence-corrected chi connectivity index (χ0v) is 18.2. The minimum atomic E-state index is -3.73. The van der Waals surface area contributed by atoms with E-state index in [0.717, 1.165) is 6.26 Å². The predicted molar refractivity (Wildman–Crippen MR) is 114 cm³/mol. The Kier molecular flexibility index (Phi) is 6.46. The molecule has 162 valence electrons. The van der Waals surface area contributed by atoms with Crippen LogP contribution in [0.25, 0.3) is 0 Å². The Labute approximate surface area is 176 Å². The van der Waals surface area contributed by atoms with Crippen LogP contribution in [0.2, 0.25) is 0 Å². The Hall–Kier alpha value is -2.47. The zero-order chi connectivity index (χ0) is 21.9. The van der Waals surface area contributed by atoms with E-state index < -0.39 is 26.0 Å². The van der Waals surface area contributed by atoms with Crippen LogP contribution >= 0.6 is 0 Å². The number of nitrogens with one attached hydrogen (secondary N) is 2. The Morgan fingerprint density at radius 1 is 1.03 bits per heavy atom. The number of sulfonamides is 2. The highest BCUT2D eigenvalue weighted by Gasteiger charge is 2.26. The molecule has 0 radical (unpaired) electrons. The molecule has 11 heteroatoms. The molecule has 1 heterocycles. The van der Waals surface area contributed by atoms with Gasteiger partial charge < -0.3 is 10.1 Å². The van der Waals surface area contributed by atoms with Crippen molar-refractivity contribution in [2.24, 2.45) is 0 Å². The van der Waals surface area contributed by atoms with Crippen molar-refractivity contribution < 1.29 is 26.4 Å². The van der Waals surface area contributed by atoms with Crippen LogP contribution in [0.15, 0.2) is 47.4 Å². The molecule has 0 aromatic heterocycles. The molecule has 2 aromatic rings. The largest absolute Gasteiger partial charge is 0.379 e. The van der Waals surface area contributed by atoms with Gasteiger partial charge in [-0.05, 0) is 42.8 Å². The van der Waals surface area contributed by atoms with Gasteiger partial charge in [-0.1, -0.05) is 12.1 Å². The second-order valence-corrected chi connectivity index (χ2v) is 10.6. The lowest BCUT2D eigenvalue weighted by Gasteiger charge is -2.26. The number of benzene rings is 2. The molecule has 1 amide bonds. The molecule has 1 fully saturated rings. The SMILES string of the molecule is Cc1ccc(NC(=O)c2cccc(S(=O)(=O)N3CCOCC3)c2)cc1NS(C)(=O)=O. The van der Waals surface area contributed by atoms with E-state index in [1.54, 1.807) is 19.1 Å². The Morgan fingerprint density at radius 2 is 1.73 bits per heavy atom. The highest BCUT2D eigenvalue weighted by Crippen LogP contribution is 2.23. The molecule has 0 atom stereocenters. The molecule has 0 spiro atoms. The third-order valence-electron chi connectivity index (χ3n) is 4.49. The summed E-state index contributed by atoms with van der Waals surface area (Å²) in [5.74, 6) is -0.511. The van der Waals surface area contributed by atoms with E-state index in [0.29, 0.717) is 30.2 Å². The number of morpholine rings is 1. The quantitative estimate of drug-likeness (QED) is 0.686. The van der Waals surface area contributed by atoms with Crippen molar-refractivity contribution in [3.8, 4) is 0 Å². The van der Waals surface area contributed by atoms with Gasteiger partial charge in [0.25, 0.3) is 5.91 Å². The molecule has 3 rings (SSSR count). The van der Waals surface area contributed by atoms with Gasteiger partial charge in [0.15, 0.2) is 0 Å². The molecule has 1 saturated heterocycles. The lowest BCUT2D eigenvalue weighted by molar-refractivity contribution is 0.0730. The molecule has 9 nitrogen and oxygen atoms in total. The second kappa shape index (κ2) is 8.72. The number of ether oxygens (including phenoxy) is 1. The lowest BCUT2D eigenvalue weighted by atomic mass is 10.1. The second-order valence-electron chi connectivity index (χ2n) is 6.90. The van der Waals surface area contributed by atoms with Gasteiger partial charge in [-0.3, -0.25) is 9.52 Å². The van der Waals surface area contributed by atoms with Crippen LogP contribution < -0.4 is 10.0 Å². The summed E-state index contributed by atoms with van der Waals surface area (Å²) in [6.45, 7) is 2.92. The van der Waals surface area contributed by atoms with Gasteiger partial charge in [-0.25, -0.2) is 16.8 Å². The summed E-state index contributed by atoms with van der Waals surface area (Å²) >= 11 is 0.